The van der Waals surface area contributed by atoms with E-state index >= 15 is 0 Å². The summed E-state index contributed by atoms with van der Waals surface area (Å²) in [4.78, 5) is 3.80. The molecule has 0 bridgehead atoms. The Hall–Kier alpha value is -1.80. The highest BCUT2D eigenvalue weighted by atomic mass is 32.2. The summed E-state index contributed by atoms with van der Waals surface area (Å²) in [7, 11) is -3.55. The maximum absolute atomic E-state index is 13.9. The van der Waals surface area contributed by atoms with Gasteiger partial charge in [-0.05, 0) is 31.5 Å². The number of sulfone groups is 1. The number of aromatic nitrogens is 2. The van der Waals surface area contributed by atoms with Crippen molar-refractivity contribution in [2.75, 3.05) is 12.8 Å². The van der Waals surface area contributed by atoms with E-state index in [4.69, 9.17) is 4.52 Å². The molecule has 0 aliphatic heterocycles. The molecule has 0 fully saturated rings. The van der Waals surface area contributed by atoms with Crippen molar-refractivity contribution < 1.29 is 17.3 Å². The molecule has 120 valence electrons. The van der Waals surface area contributed by atoms with Gasteiger partial charge >= 0.3 is 0 Å². The van der Waals surface area contributed by atoms with E-state index in [1.807, 2.05) is 6.92 Å². The van der Waals surface area contributed by atoms with E-state index in [-0.39, 0.29) is 10.9 Å². The summed E-state index contributed by atoms with van der Waals surface area (Å²) in [5.41, 5.74) is 0.673. The van der Waals surface area contributed by atoms with E-state index in [1.54, 1.807) is 13.0 Å². The zero-order valence-corrected chi connectivity index (χ0v) is 13.4. The van der Waals surface area contributed by atoms with Gasteiger partial charge in [0.25, 0.3) is 0 Å². The molecule has 22 heavy (non-hydrogen) atoms. The zero-order valence-electron chi connectivity index (χ0n) is 12.6. The number of aryl methyl sites for hydroxylation is 1. The molecule has 6 nitrogen and oxygen atoms in total. The van der Waals surface area contributed by atoms with Gasteiger partial charge in [0, 0.05) is 25.3 Å². The van der Waals surface area contributed by atoms with Gasteiger partial charge in [-0.3, -0.25) is 0 Å². The Kier molecular flexibility index (Phi) is 4.92. The molecular weight excluding hydrogens is 309 g/mol. The van der Waals surface area contributed by atoms with Crippen LogP contribution in [0.3, 0.4) is 0 Å². The normalized spacial score (nSPS) is 13.3. The molecule has 1 aromatic carbocycles. The van der Waals surface area contributed by atoms with Gasteiger partial charge < -0.3 is 9.84 Å². The molecule has 1 heterocycles. The van der Waals surface area contributed by atoms with E-state index in [0.29, 0.717) is 30.2 Å². The molecule has 1 aromatic heterocycles. The number of nitrogens with zero attached hydrogens (tertiary/aromatic N) is 2. The topological polar surface area (TPSA) is 85.1 Å². The average Bonchev–Trinajstić information content (AvgIpc) is 2.82. The minimum atomic E-state index is -3.55. The van der Waals surface area contributed by atoms with Crippen LogP contribution in [0.5, 0.6) is 0 Å². The number of nitrogens with one attached hydrogen (secondary N) is 1. The van der Waals surface area contributed by atoms with Crippen LogP contribution < -0.4 is 5.32 Å². The smallest absolute Gasteiger partial charge is 0.227 e. The van der Waals surface area contributed by atoms with Crippen molar-refractivity contribution in [2.24, 2.45) is 0 Å². The van der Waals surface area contributed by atoms with Gasteiger partial charge in [0.05, 0.1) is 0 Å². The van der Waals surface area contributed by atoms with Gasteiger partial charge in [-0.2, -0.15) is 4.98 Å². The second-order valence-corrected chi connectivity index (χ2v) is 7.11. The largest absolute Gasteiger partial charge is 0.339 e. The Bertz CT molecular complexity index is 758. The van der Waals surface area contributed by atoms with Crippen LogP contribution in [-0.2, 0) is 16.3 Å². The molecule has 8 heteroatoms. The average molecular weight is 327 g/mol. The summed E-state index contributed by atoms with van der Waals surface area (Å²) in [5, 5.41) is 6.89. The van der Waals surface area contributed by atoms with Gasteiger partial charge in [0.1, 0.15) is 10.7 Å². The van der Waals surface area contributed by atoms with Crippen molar-refractivity contribution in [2.45, 2.75) is 31.2 Å². The predicted molar refractivity (Wildman–Crippen MR) is 78.7 cm³/mol. The van der Waals surface area contributed by atoms with E-state index < -0.39 is 15.7 Å². The highest BCUT2D eigenvalue weighted by molar-refractivity contribution is 7.90. The third-order valence-electron chi connectivity index (χ3n) is 3.21. The molecule has 0 aliphatic rings. The van der Waals surface area contributed by atoms with Crippen molar-refractivity contribution in [3.8, 4) is 0 Å². The van der Waals surface area contributed by atoms with Crippen molar-refractivity contribution in [3.05, 3.63) is 41.3 Å². The lowest BCUT2D eigenvalue weighted by Crippen LogP contribution is -2.21. The first-order chi connectivity index (χ1) is 10.3. The predicted octanol–water partition coefficient (Wildman–Crippen LogP) is 1.81. The van der Waals surface area contributed by atoms with Crippen molar-refractivity contribution in [1.29, 1.82) is 0 Å². The Balaban J connectivity index is 1.98. The summed E-state index contributed by atoms with van der Waals surface area (Å²) in [6, 6.07) is 4.01. The van der Waals surface area contributed by atoms with E-state index in [0.717, 1.165) is 6.26 Å². The van der Waals surface area contributed by atoms with Crippen LogP contribution in [0.2, 0.25) is 0 Å². The fourth-order valence-electron chi connectivity index (χ4n) is 2.04. The summed E-state index contributed by atoms with van der Waals surface area (Å²) in [5.74, 6) is 0.387. The molecule has 0 radical (unpaired) electrons. The number of benzene rings is 1. The van der Waals surface area contributed by atoms with Crippen molar-refractivity contribution in [1.82, 2.24) is 15.5 Å². The first kappa shape index (κ1) is 16.6. The second-order valence-electron chi connectivity index (χ2n) is 5.12. The molecule has 2 rings (SSSR count). The Morgan fingerprint density at radius 3 is 2.68 bits per heavy atom. The molecule has 1 N–H and O–H groups in total. The van der Waals surface area contributed by atoms with E-state index in [9.17, 15) is 12.8 Å². The third-order valence-corrected chi connectivity index (χ3v) is 4.34. The molecule has 0 spiro atoms. The fraction of sp³-hybridized carbons (Fsp3) is 0.429. The maximum atomic E-state index is 13.9. The lowest BCUT2D eigenvalue weighted by atomic mass is 10.1. The molecular formula is C14H18FN3O3S. The van der Waals surface area contributed by atoms with Gasteiger partial charge in [0.15, 0.2) is 15.7 Å². The van der Waals surface area contributed by atoms with Crippen LogP contribution in [0.15, 0.2) is 27.6 Å². The quantitative estimate of drug-likeness (QED) is 0.871. The van der Waals surface area contributed by atoms with Gasteiger partial charge in [-0.15, -0.1) is 0 Å². The Morgan fingerprint density at radius 1 is 1.41 bits per heavy atom. The summed E-state index contributed by atoms with van der Waals surface area (Å²) >= 11 is 0. The Labute approximate surface area is 128 Å². The summed E-state index contributed by atoms with van der Waals surface area (Å²) in [6.07, 6.45) is 1.55. The molecule has 0 saturated carbocycles. The lowest BCUT2D eigenvalue weighted by Gasteiger charge is -2.14. The standard InChI is InChI=1S/C14H18FN3O3S/c1-9(16-7-6-14-17-10(2)18-21-14)11-4-5-13(12(15)8-11)22(3,19)20/h4-5,8-9,16H,6-7H2,1-3H3/t9-/m1/s1. The van der Waals surface area contributed by atoms with Crippen LogP contribution in [0, 0.1) is 12.7 Å². The molecule has 2 aromatic rings. The van der Waals surface area contributed by atoms with Crippen molar-refractivity contribution in [3.63, 3.8) is 0 Å². The zero-order chi connectivity index (χ0) is 16.3. The number of hydrogen-bond donors (Lipinski definition) is 1. The highest BCUT2D eigenvalue weighted by Gasteiger charge is 2.15. The minimum Gasteiger partial charge on any atom is -0.339 e. The lowest BCUT2D eigenvalue weighted by molar-refractivity contribution is 0.370. The maximum Gasteiger partial charge on any atom is 0.227 e. The Morgan fingerprint density at radius 2 is 2.14 bits per heavy atom. The molecule has 0 amide bonds. The minimum absolute atomic E-state index is 0.132. The van der Waals surface area contributed by atoms with Crippen LogP contribution in [0.1, 0.15) is 30.2 Å². The first-order valence-electron chi connectivity index (χ1n) is 6.79. The van der Waals surface area contributed by atoms with Gasteiger partial charge in [0.2, 0.25) is 5.89 Å². The number of rotatable bonds is 6. The van der Waals surface area contributed by atoms with Crippen LogP contribution in [0.25, 0.3) is 0 Å². The SMILES string of the molecule is Cc1noc(CCN[C@H](C)c2ccc(S(C)(=O)=O)c(F)c2)n1. The van der Waals surface area contributed by atoms with Gasteiger partial charge in [-0.1, -0.05) is 11.2 Å². The van der Waals surface area contributed by atoms with Gasteiger partial charge in [-0.25, -0.2) is 12.8 Å². The van der Waals surface area contributed by atoms with Crippen molar-refractivity contribution >= 4 is 9.84 Å². The molecule has 1 atom stereocenters. The molecule has 0 unspecified atom stereocenters. The molecule has 0 aliphatic carbocycles. The highest BCUT2D eigenvalue weighted by Crippen LogP contribution is 2.20. The summed E-state index contributed by atoms with van der Waals surface area (Å²) < 4.78 is 41.6. The third kappa shape index (κ3) is 4.11. The first-order valence-corrected chi connectivity index (χ1v) is 8.68. The fourth-order valence-corrected chi connectivity index (χ4v) is 2.77. The van der Waals surface area contributed by atoms with E-state index in [1.165, 1.54) is 12.1 Å². The number of hydrogen-bond acceptors (Lipinski definition) is 6. The summed E-state index contributed by atoms with van der Waals surface area (Å²) in [6.45, 7) is 4.20. The monoisotopic (exact) mass is 327 g/mol. The van der Waals surface area contributed by atoms with Crippen LogP contribution in [0.4, 0.5) is 4.39 Å². The van der Waals surface area contributed by atoms with Crippen LogP contribution >= 0.6 is 0 Å². The van der Waals surface area contributed by atoms with E-state index in [2.05, 4.69) is 15.5 Å². The molecule has 0 saturated heterocycles. The number of halogens is 1. The second kappa shape index (κ2) is 6.53. The van der Waals surface area contributed by atoms with Crippen LogP contribution in [-0.4, -0.2) is 31.4 Å².